The highest BCUT2D eigenvalue weighted by Crippen LogP contribution is 2.43. The van der Waals surface area contributed by atoms with Gasteiger partial charge in [0, 0.05) is 27.3 Å². The Kier molecular flexibility index (Phi) is 3.09. The number of fused-ring (bicyclic) bond motifs is 7. The van der Waals surface area contributed by atoms with E-state index < -0.39 is 0 Å². The fourth-order valence-electron chi connectivity index (χ4n) is 3.72. The van der Waals surface area contributed by atoms with Crippen LogP contribution >= 0.6 is 11.3 Å². The van der Waals surface area contributed by atoms with E-state index in [1.807, 2.05) is 11.3 Å². The molecule has 0 atom stereocenters. The number of benzene rings is 4. The van der Waals surface area contributed by atoms with Gasteiger partial charge in [-0.1, -0.05) is 54.6 Å². The molecule has 5 rings (SSSR count). The summed E-state index contributed by atoms with van der Waals surface area (Å²) in [5, 5.41) is 7.99. The molecule has 1 heterocycles. The second kappa shape index (κ2) is 5.30. The Bertz CT molecular complexity index is 1220. The summed E-state index contributed by atoms with van der Waals surface area (Å²) in [6, 6.07) is 24.1. The predicted octanol–water partition coefficient (Wildman–Crippen LogP) is 6.51. The average Bonchev–Trinajstić information content (AvgIpc) is 3.03. The molecule has 0 aliphatic carbocycles. The number of hydrogen-bond acceptors (Lipinski definition) is 2. The average molecular weight is 328 g/mol. The molecule has 5 aromatic rings. The van der Waals surface area contributed by atoms with E-state index in [2.05, 4.69) is 66.7 Å². The van der Waals surface area contributed by atoms with Gasteiger partial charge in [0.2, 0.25) is 0 Å². The van der Waals surface area contributed by atoms with Crippen LogP contribution in [0.3, 0.4) is 0 Å². The molecular weight excluding hydrogens is 312 g/mol. The summed E-state index contributed by atoms with van der Waals surface area (Å²) in [5.41, 5.74) is 1.27. The fraction of sp³-hybridized carbons (Fsp3) is 0.0909. The first kappa shape index (κ1) is 14.0. The molecule has 0 N–H and O–H groups in total. The Hall–Kier alpha value is -2.42. The molecule has 0 aliphatic rings. The monoisotopic (exact) mass is 328 g/mol. The van der Waals surface area contributed by atoms with E-state index in [9.17, 15) is 0 Å². The van der Waals surface area contributed by atoms with Crippen LogP contribution in [0.5, 0.6) is 0 Å². The lowest BCUT2D eigenvalue weighted by Crippen LogP contribution is -1.88. The second-order valence-electron chi connectivity index (χ2n) is 6.16. The van der Waals surface area contributed by atoms with E-state index in [1.54, 1.807) is 7.11 Å². The zero-order chi connectivity index (χ0) is 16.1. The van der Waals surface area contributed by atoms with Crippen LogP contribution in [0.15, 0.2) is 66.7 Å². The van der Waals surface area contributed by atoms with Gasteiger partial charge in [0.05, 0.1) is 6.61 Å². The van der Waals surface area contributed by atoms with Gasteiger partial charge in [0.25, 0.3) is 0 Å². The molecule has 4 aromatic carbocycles. The molecule has 1 aromatic heterocycles. The van der Waals surface area contributed by atoms with Gasteiger partial charge in [-0.3, -0.25) is 0 Å². The van der Waals surface area contributed by atoms with E-state index >= 15 is 0 Å². The summed E-state index contributed by atoms with van der Waals surface area (Å²) in [5.74, 6) is 0. The Morgan fingerprint density at radius 2 is 1.50 bits per heavy atom. The first-order chi connectivity index (χ1) is 11.9. The Morgan fingerprint density at radius 1 is 0.792 bits per heavy atom. The van der Waals surface area contributed by atoms with Crippen LogP contribution in [0.1, 0.15) is 5.56 Å². The molecule has 2 heteroatoms. The molecule has 0 spiro atoms. The maximum absolute atomic E-state index is 5.48. The van der Waals surface area contributed by atoms with Crippen molar-refractivity contribution in [2.24, 2.45) is 0 Å². The summed E-state index contributed by atoms with van der Waals surface area (Å²) in [6.07, 6.45) is 0. The highest BCUT2D eigenvalue weighted by atomic mass is 32.1. The van der Waals surface area contributed by atoms with Crippen molar-refractivity contribution in [2.45, 2.75) is 6.61 Å². The molecule has 0 saturated heterocycles. The maximum atomic E-state index is 5.48. The van der Waals surface area contributed by atoms with Crippen LogP contribution in [0, 0.1) is 0 Å². The van der Waals surface area contributed by atoms with Crippen molar-refractivity contribution < 1.29 is 4.74 Å². The first-order valence-corrected chi connectivity index (χ1v) is 8.92. The van der Waals surface area contributed by atoms with E-state index in [0.717, 1.165) is 0 Å². The summed E-state index contributed by atoms with van der Waals surface area (Å²) in [7, 11) is 1.77. The molecule has 0 aliphatic heterocycles. The van der Waals surface area contributed by atoms with Crippen molar-refractivity contribution in [1.29, 1.82) is 0 Å². The zero-order valence-electron chi connectivity index (χ0n) is 13.4. The molecule has 0 saturated carbocycles. The normalized spacial score (nSPS) is 11.9. The third kappa shape index (κ3) is 1.90. The second-order valence-corrected chi connectivity index (χ2v) is 7.21. The van der Waals surface area contributed by atoms with Gasteiger partial charge in [0.1, 0.15) is 0 Å². The van der Waals surface area contributed by atoms with Gasteiger partial charge in [-0.05, 0) is 39.2 Å². The standard InChI is InChI=1S/C22H16OS/c1-23-13-16-12-15-7-3-5-9-18(15)21-20-17-8-4-2-6-14(17)10-11-19(20)24-22(16)21/h2-12H,13H2,1H3. The largest absolute Gasteiger partial charge is 0.380 e. The lowest BCUT2D eigenvalue weighted by atomic mass is 9.98. The highest BCUT2D eigenvalue weighted by Gasteiger charge is 2.15. The van der Waals surface area contributed by atoms with Crippen LogP contribution in [0.25, 0.3) is 41.7 Å². The maximum Gasteiger partial charge on any atom is 0.0727 e. The van der Waals surface area contributed by atoms with Gasteiger partial charge < -0.3 is 4.74 Å². The summed E-state index contributed by atoms with van der Waals surface area (Å²) >= 11 is 1.88. The third-order valence-corrected chi connectivity index (χ3v) is 5.96. The van der Waals surface area contributed by atoms with Gasteiger partial charge >= 0.3 is 0 Å². The molecule has 0 unspecified atom stereocenters. The number of hydrogen-bond donors (Lipinski definition) is 0. The Morgan fingerprint density at radius 3 is 2.29 bits per heavy atom. The van der Waals surface area contributed by atoms with E-state index in [0.29, 0.717) is 6.61 Å². The molecule has 0 fully saturated rings. The van der Waals surface area contributed by atoms with Crippen molar-refractivity contribution in [3.63, 3.8) is 0 Å². The third-order valence-electron chi connectivity index (χ3n) is 4.73. The summed E-state index contributed by atoms with van der Waals surface area (Å²) in [4.78, 5) is 0. The molecule has 24 heavy (non-hydrogen) atoms. The topological polar surface area (TPSA) is 9.23 Å². The highest BCUT2D eigenvalue weighted by molar-refractivity contribution is 7.26. The van der Waals surface area contributed by atoms with Crippen molar-refractivity contribution >= 4 is 53.1 Å². The first-order valence-electron chi connectivity index (χ1n) is 8.10. The lowest BCUT2D eigenvalue weighted by Gasteiger charge is -2.07. The van der Waals surface area contributed by atoms with Crippen molar-refractivity contribution in [3.05, 3.63) is 72.3 Å². The van der Waals surface area contributed by atoms with Crippen molar-refractivity contribution in [3.8, 4) is 0 Å². The molecule has 0 amide bonds. The van der Waals surface area contributed by atoms with Gasteiger partial charge in [0.15, 0.2) is 0 Å². The minimum atomic E-state index is 0.645. The van der Waals surface area contributed by atoms with E-state index in [-0.39, 0.29) is 0 Å². The zero-order valence-corrected chi connectivity index (χ0v) is 14.2. The molecule has 0 bridgehead atoms. The quantitative estimate of drug-likeness (QED) is 0.359. The SMILES string of the molecule is COCc1cc2ccccc2c2c1sc1ccc3ccccc3c12. The smallest absolute Gasteiger partial charge is 0.0727 e. The van der Waals surface area contributed by atoms with E-state index in [1.165, 1.54) is 47.3 Å². The predicted molar refractivity (Wildman–Crippen MR) is 105 cm³/mol. The van der Waals surface area contributed by atoms with Crippen LogP contribution in [-0.2, 0) is 11.3 Å². The van der Waals surface area contributed by atoms with Crippen LogP contribution in [0.2, 0.25) is 0 Å². The lowest BCUT2D eigenvalue weighted by molar-refractivity contribution is 0.186. The molecule has 1 nitrogen and oxygen atoms in total. The summed E-state index contributed by atoms with van der Waals surface area (Å²) < 4.78 is 8.17. The van der Waals surface area contributed by atoms with Crippen molar-refractivity contribution in [2.75, 3.05) is 7.11 Å². The van der Waals surface area contributed by atoms with E-state index in [4.69, 9.17) is 4.74 Å². The number of ether oxygens (including phenoxy) is 1. The van der Waals surface area contributed by atoms with Gasteiger partial charge in [-0.15, -0.1) is 11.3 Å². The summed E-state index contributed by atoms with van der Waals surface area (Å²) in [6.45, 7) is 0.645. The fourth-order valence-corrected chi connectivity index (χ4v) is 4.95. The number of thiophene rings is 1. The minimum Gasteiger partial charge on any atom is -0.380 e. The van der Waals surface area contributed by atoms with Gasteiger partial charge in [-0.2, -0.15) is 0 Å². The molecular formula is C22H16OS. The Labute approximate surface area is 144 Å². The van der Waals surface area contributed by atoms with Gasteiger partial charge in [-0.25, -0.2) is 0 Å². The van der Waals surface area contributed by atoms with Crippen LogP contribution in [-0.4, -0.2) is 7.11 Å². The molecule has 116 valence electrons. The van der Waals surface area contributed by atoms with Crippen LogP contribution in [0.4, 0.5) is 0 Å². The number of rotatable bonds is 2. The number of methoxy groups -OCH3 is 1. The minimum absolute atomic E-state index is 0.645. The molecule has 0 radical (unpaired) electrons. The Balaban J connectivity index is 2.10. The van der Waals surface area contributed by atoms with Crippen LogP contribution < -0.4 is 0 Å². The van der Waals surface area contributed by atoms with Crippen molar-refractivity contribution in [1.82, 2.24) is 0 Å².